The Labute approximate surface area is 65.4 Å². The third-order valence-corrected chi connectivity index (χ3v) is 2.73. The van der Waals surface area contributed by atoms with E-state index in [9.17, 15) is 4.79 Å². The standard InChI is InChI=1S/C8H12O3/c9-7(10)5-8-3-1-6(11-8)2-4-8/h6H,1-5H2,(H,9,10). The van der Waals surface area contributed by atoms with Crippen molar-refractivity contribution in [1.82, 2.24) is 0 Å². The number of rotatable bonds is 2. The molecule has 0 spiro atoms. The molecule has 1 N–H and O–H groups in total. The van der Waals surface area contributed by atoms with Gasteiger partial charge in [0.15, 0.2) is 0 Å². The lowest BCUT2D eigenvalue weighted by molar-refractivity contribution is -0.142. The predicted octanol–water partition coefficient (Wildman–Crippen LogP) is 1.17. The molecule has 2 rings (SSSR count). The van der Waals surface area contributed by atoms with Crippen molar-refractivity contribution >= 4 is 5.97 Å². The van der Waals surface area contributed by atoms with Crippen LogP contribution in [0.15, 0.2) is 0 Å². The van der Waals surface area contributed by atoms with Crippen molar-refractivity contribution in [2.45, 2.75) is 43.8 Å². The number of carboxylic acid groups (broad SMARTS) is 1. The Morgan fingerprint density at radius 3 is 2.55 bits per heavy atom. The SMILES string of the molecule is O=C(O)CC12CCC(CC1)O2. The van der Waals surface area contributed by atoms with E-state index in [-0.39, 0.29) is 12.0 Å². The Bertz CT molecular complexity index is 180. The van der Waals surface area contributed by atoms with Crippen LogP contribution in [0.5, 0.6) is 0 Å². The highest BCUT2D eigenvalue weighted by Gasteiger charge is 2.47. The van der Waals surface area contributed by atoms with Gasteiger partial charge in [-0.3, -0.25) is 4.79 Å². The number of fused-ring (bicyclic) bond motifs is 2. The minimum atomic E-state index is -0.729. The fraction of sp³-hybridized carbons (Fsp3) is 0.875. The van der Waals surface area contributed by atoms with Crippen LogP contribution < -0.4 is 0 Å². The molecule has 62 valence electrons. The van der Waals surface area contributed by atoms with Crippen molar-refractivity contribution in [3.8, 4) is 0 Å². The average molecular weight is 156 g/mol. The van der Waals surface area contributed by atoms with Gasteiger partial charge in [0.1, 0.15) is 0 Å². The van der Waals surface area contributed by atoms with Crippen LogP contribution in [0.25, 0.3) is 0 Å². The topological polar surface area (TPSA) is 46.5 Å². The average Bonchev–Trinajstić information content (AvgIpc) is 2.43. The summed E-state index contributed by atoms with van der Waals surface area (Å²) in [4.78, 5) is 10.5. The molecule has 11 heavy (non-hydrogen) atoms. The first kappa shape index (κ1) is 7.10. The first-order valence-electron chi connectivity index (χ1n) is 4.10. The fourth-order valence-corrected chi connectivity index (χ4v) is 2.20. The van der Waals surface area contributed by atoms with Crippen LogP contribution in [0.3, 0.4) is 0 Å². The van der Waals surface area contributed by atoms with E-state index in [1.807, 2.05) is 0 Å². The number of hydrogen-bond donors (Lipinski definition) is 1. The highest BCUT2D eigenvalue weighted by atomic mass is 16.5. The summed E-state index contributed by atoms with van der Waals surface area (Å²) >= 11 is 0. The Balaban J connectivity index is 2.05. The first-order chi connectivity index (χ1) is 5.20. The molecular weight excluding hydrogens is 144 g/mol. The van der Waals surface area contributed by atoms with Gasteiger partial charge >= 0.3 is 5.97 Å². The molecule has 0 radical (unpaired) electrons. The van der Waals surface area contributed by atoms with Gasteiger partial charge in [0.25, 0.3) is 0 Å². The molecule has 2 aliphatic heterocycles. The summed E-state index contributed by atoms with van der Waals surface area (Å²) in [5.41, 5.74) is -0.267. The van der Waals surface area contributed by atoms with Crippen LogP contribution in [-0.2, 0) is 9.53 Å². The zero-order valence-corrected chi connectivity index (χ0v) is 6.38. The van der Waals surface area contributed by atoms with Crippen molar-refractivity contribution in [3.63, 3.8) is 0 Å². The van der Waals surface area contributed by atoms with E-state index < -0.39 is 5.97 Å². The molecule has 3 heteroatoms. The number of hydrogen-bond acceptors (Lipinski definition) is 2. The van der Waals surface area contributed by atoms with E-state index in [0.717, 1.165) is 25.7 Å². The van der Waals surface area contributed by atoms with E-state index in [1.54, 1.807) is 0 Å². The van der Waals surface area contributed by atoms with Gasteiger partial charge in [-0.15, -0.1) is 0 Å². The second-order valence-corrected chi connectivity index (χ2v) is 3.57. The molecule has 2 bridgehead atoms. The number of carbonyl (C=O) groups is 1. The molecule has 0 aromatic rings. The van der Waals surface area contributed by atoms with Crippen LogP contribution in [0.2, 0.25) is 0 Å². The maximum atomic E-state index is 10.5. The van der Waals surface area contributed by atoms with Crippen molar-refractivity contribution in [2.75, 3.05) is 0 Å². The van der Waals surface area contributed by atoms with Gasteiger partial charge < -0.3 is 9.84 Å². The summed E-state index contributed by atoms with van der Waals surface area (Å²) in [5, 5.41) is 8.61. The second-order valence-electron chi connectivity index (χ2n) is 3.57. The van der Waals surface area contributed by atoms with Gasteiger partial charge in [0, 0.05) is 0 Å². The summed E-state index contributed by atoms with van der Waals surface area (Å²) in [6.07, 6.45) is 4.59. The lowest BCUT2D eigenvalue weighted by Gasteiger charge is -2.21. The molecule has 2 aliphatic rings. The molecule has 0 saturated carbocycles. The van der Waals surface area contributed by atoms with Crippen molar-refractivity contribution in [1.29, 1.82) is 0 Å². The Hall–Kier alpha value is -0.570. The van der Waals surface area contributed by atoms with Gasteiger partial charge in [-0.1, -0.05) is 0 Å². The third kappa shape index (κ3) is 1.13. The van der Waals surface area contributed by atoms with Gasteiger partial charge in [-0.2, -0.15) is 0 Å². The maximum Gasteiger partial charge on any atom is 0.306 e. The van der Waals surface area contributed by atoms with E-state index in [2.05, 4.69) is 0 Å². The normalized spacial score (nSPS) is 41.3. The lowest BCUT2D eigenvalue weighted by Crippen LogP contribution is -2.27. The number of carboxylic acids is 1. The summed E-state index contributed by atoms with van der Waals surface area (Å²) in [6, 6.07) is 0. The smallest absolute Gasteiger partial charge is 0.306 e. The van der Waals surface area contributed by atoms with E-state index in [0.29, 0.717) is 6.10 Å². The summed E-state index contributed by atoms with van der Waals surface area (Å²) in [6.45, 7) is 0. The molecule has 2 fully saturated rings. The third-order valence-electron chi connectivity index (χ3n) is 2.73. The highest BCUT2D eigenvalue weighted by Crippen LogP contribution is 2.45. The van der Waals surface area contributed by atoms with E-state index >= 15 is 0 Å². The minimum absolute atomic E-state index is 0.198. The maximum absolute atomic E-state index is 10.5. The number of aliphatic carboxylic acids is 1. The van der Waals surface area contributed by atoms with Crippen molar-refractivity contribution in [3.05, 3.63) is 0 Å². The molecule has 0 unspecified atom stereocenters. The Kier molecular flexibility index (Phi) is 1.42. The Morgan fingerprint density at radius 2 is 2.18 bits per heavy atom. The molecule has 0 aromatic heterocycles. The van der Waals surface area contributed by atoms with Crippen molar-refractivity contribution in [2.24, 2.45) is 0 Å². The zero-order valence-electron chi connectivity index (χ0n) is 6.38. The largest absolute Gasteiger partial charge is 0.481 e. The summed E-state index contributed by atoms with van der Waals surface area (Å²) in [7, 11) is 0. The Morgan fingerprint density at radius 1 is 1.55 bits per heavy atom. The number of ether oxygens (including phenoxy) is 1. The van der Waals surface area contributed by atoms with Gasteiger partial charge in [-0.25, -0.2) is 0 Å². The molecule has 2 saturated heterocycles. The summed E-state index contributed by atoms with van der Waals surface area (Å²) in [5.74, 6) is -0.729. The van der Waals surface area contributed by atoms with Gasteiger partial charge in [-0.05, 0) is 25.7 Å². The lowest BCUT2D eigenvalue weighted by atomic mass is 9.86. The van der Waals surface area contributed by atoms with Gasteiger partial charge in [0.2, 0.25) is 0 Å². The quantitative estimate of drug-likeness (QED) is 0.652. The molecule has 3 nitrogen and oxygen atoms in total. The van der Waals surface area contributed by atoms with Gasteiger partial charge in [0.05, 0.1) is 18.1 Å². The van der Waals surface area contributed by atoms with Crippen LogP contribution in [0.4, 0.5) is 0 Å². The van der Waals surface area contributed by atoms with E-state index in [1.165, 1.54) is 0 Å². The van der Waals surface area contributed by atoms with Crippen molar-refractivity contribution < 1.29 is 14.6 Å². The molecule has 0 amide bonds. The van der Waals surface area contributed by atoms with E-state index in [4.69, 9.17) is 9.84 Å². The molecular formula is C8H12O3. The second kappa shape index (κ2) is 2.21. The predicted molar refractivity (Wildman–Crippen MR) is 38.3 cm³/mol. The molecule has 0 aromatic carbocycles. The van der Waals surface area contributed by atoms with Crippen LogP contribution >= 0.6 is 0 Å². The van der Waals surface area contributed by atoms with Crippen LogP contribution in [0, 0.1) is 0 Å². The highest BCUT2D eigenvalue weighted by molar-refractivity contribution is 5.68. The van der Waals surface area contributed by atoms with Crippen LogP contribution in [-0.4, -0.2) is 22.8 Å². The minimum Gasteiger partial charge on any atom is -0.481 e. The molecule has 0 atom stereocenters. The summed E-state index contributed by atoms with van der Waals surface area (Å²) < 4.78 is 5.59. The fourth-order valence-electron chi connectivity index (χ4n) is 2.20. The monoisotopic (exact) mass is 156 g/mol. The van der Waals surface area contributed by atoms with Crippen LogP contribution in [0.1, 0.15) is 32.1 Å². The molecule has 2 heterocycles. The zero-order chi connectivity index (χ0) is 7.90. The first-order valence-corrected chi connectivity index (χ1v) is 4.10. The molecule has 0 aliphatic carbocycles.